The number of carbonyl (C=O) groups excluding carboxylic acids is 4. The highest BCUT2D eigenvalue weighted by Gasteiger charge is 2.39. The largest absolute Gasteiger partial charge is 0.361 e. The van der Waals surface area contributed by atoms with E-state index in [1.807, 2.05) is 10.9 Å². The number of hydrazone groups is 2. The summed E-state index contributed by atoms with van der Waals surface area (Å²) in [6.45, 7) is 0. The van der Waals surface area contributed by atoms with E-state index in [2.05, 4.69) is 10.2 Å². The van der Waals surface area contributed by atoms with Crippen LogP contribution in [0.25, 0.3) is 0 Å². The average molecular weight is 396 g/mol. The van der Waals surface area contributed by atoms with E-state index in [4.69, 9.17) is 33.5 Å². The summed E-state index contributed by atoms with van der Waals surface area (Å²) in [5, 5.41) is 7.71. The first-order valence-corrected chi connectivity index (χ1v) is 7.60. The number of ether oxygens (including phenoxy) is 1. The van der Waals surface area contributed by atoms with E-state index in [9.17, 15) is 19.2 Å². The van der Waals surface area contributed by atoms with Gasteiger partial charge in [-0.1, -0.05) is 29.8 Å². The summed E-state index contributed by atoms with van der Waals surface area (Å²) in [5.74, 6) is -4.98. The summed E-state index contributed by atoms with van der Waals surface area (Å²) in [6, 6.07) is 6.53. The van der Waals surface area contributed by atoms with Crippen LogP contribution in [0.5, 0.6) is 0 Å². The molecule has 1 aromatic carbocycles. The minimum atomic E-state index is -1.28. The van der Waals surface area contributed by atoms with Crippen molar-refractivity contribution in [2.24, 2.45) is 27.4 Å². The van der Waals surface area contributed by atoms with Crippen molar-refractivity contribution in [2.75, 3.05) is 0 Å². The minimum Gasteiger partial charge on any atom is -0.361 e. The minimum absolute atomic E-state index is 0.0741. The van der Waals surface area contributed by atoms with Crippen LogP contribution in [0.15, 0.2) is 34.5 Å². The first-order valence-electron chi connectivity index (χ1n) is 7.23. The first-order chi connectivity index (χ1) is 12.7. The molecule has 0 aromatic heterocycles. The standard InChI is InChI=1S/C14H14ClN7O5/c15-6-4-2-1-3-5(6)9-7(19-21-13(25)10(16)23)8(12(18)27-9)20-22-14(26)11(17)24/h1-4,9,12H,18H2,(H2,16,23)(H2,17,24)(H,21,25)(H,22,26)/b19-7+,20-8-. The Morgan fingerprint density at radius 3 is 2.00 bits per heavy atom. The van der Waals surface area contributed by atoms with Gasteiger partial charge in [0, 0.05) is 10.6 Å². The molecule has 4 amide bonds. The zero-order valence-corrected chi connectivity index (χ0v) is 14.3. The van der Waals surface area contributed by atoms with Gasteiger partial charge >= 0.3 is 23.6 Å². The number of carbonyl (C=O) groups is 4. The average Bonchev–Trinajstić information content (AvgIpc) is 2.93. The molecule has 13 heteroatoms. The Kier molecular flexibility index (Phi) is 6.18. The lowest BCUT2D eigenvalue weighted by Gasteiger charge is -2.12. The monoisotopic (exact) mass is 395 g/mol. The van der Waals surface area contributed by atoms with Crippen molar-refractivity contribution in [1.29, 1.82) is 0 Å². The van der Waals surface area contributed by atoms with Crippen LogP contribution in [0, 0.1) is 0 Å². The van der Waals surface area contributed by atoms with Crippen molar-refractivity contribution >= 4 is 46.7 Å². The number of amides is 4. The molecule has 1 aliphatic rings. The number of nitrogens with one attached hydrogen (secondary N) is 2. The maximum Gasteiger partial charge on any atom is 0.329 e. The Morgan fingerprint density at radius 2 is 1.48 bits per heavy atom. The molecule has 0 radical (unpaired) electrons. The number of nitrogens with zero attached hydrogens (tertiary/aromatic N) is 2. The number of nitrogens with two attached hydrogens (primary N) is 3. The maximum absolute atomic E-state index is 11.4. The summed E-state index contributed by atoms with van der Waals surface area (Å²) in [5.41, 5.74) is 19.5. The van der Waals surface area contributed by atoms with Crippen LogP contribution in [0.3, 0.4) is 0 Å². The molecule has 12 nitrogen and oxygen atoms in total. The van der Waals surface area contributed by atoms with E-state index in [0.717, 1.165) is 0 Å². The third kappa shape index (κ3) is 4.63. The molecule has 27 heavy (non-hydrogen) atoms. The Bertz CT molecular complexity index is 869. The van der Waals surface area contributed by atoms with E-state index < -0.39 is 36.0 Å². The van der Waals surface area contributed by atoms with Gasteiger partial charge in [0.1, 0.15) is 17.5 Å². The van der Waals surface area contributed by atoms with Gasteiger partial charge in [-0.05, 0) is 6.07 Å². The molecule has 0 spiro atoms. The number of hydrogen-bond donors (Lipinski definition) is 5. The molecular weight excluding hydrogens is 382 g/mol. The molecule has 0 saturated carbocycles. The molecule has 0 bridgehead atoms. The van der Waals surface area contributed by atoms with Gasteiger partial charge in [-0.25, -0.2) is 10.9 Å². The molecule has 1 heterocycles. The fourth-order valence-corrected chi connectivity index (χ4v) is 2.27. The highest BCUT2D eigenvalue weighted by molar-refractivity contribution is 6.48. The van der Waals surface area contributed by atoms with E-state index in [0.29, 0.717) is 10.6 Å². The van der Waals surface area contributed by atoms with Crippen LogP contribution in [-0.2, 0) is 23.9 Å². The lowest BCUT2D eigenvalue weighted by atomic mass is 10.0. The summed E-state index contributed by atoms with van der Waals surface area (Å²) in [4.78, 5) is 44.4. The van der Waals surface area contributed by atoms with Crippen LogP contribution >= 0.6 is 11.6 Å². The fraction of sp³-hybridized carbons (Fsp3) is 0.143. The third-order valence-electron chi connectivity index (χ3n) is 3.25. The van der Waals surface area contributed by atoms with Gasteiger partial charge in [0.15, 0.2) is 6.23 Å². The second-order valence-electron chi connectivity index (χ2n) is 5.06. The highest BCUT2D eigenvalue weighted by Crippen LogP contribution is 2.32. The summed E-state index contributed by atoms with van der Waals surface area (Å²) < 4.78 is 5.54. The maximum atomic E-state index is 11.4. The zero-order chi connectivity index (χ0) is 20.1. The Hall–Kier alpha value is -3.35. The summed E-state index contributed by atoms with van der Waals surface area (Å²) in [7, 11) is 0. The van der Waals surface area contributed by atoms with Crippen LogP contribution < -0.4 is 28.1 Å². The SMILES string of the molecule is NC(=O)C(=O)N/N=C1/C(=N\NC(=O)C(N)=O)C(c2ccccc2Cl)OC1N. The molecule has 2 unspecified atom stereocenters. The molecule has 8 N–H and O–H groups in total. The van der Waals surface area contributed by atoms with Crippen LogP contribution in [0.4, 0.5) is 0 Å². The van der Waals surface area contributed by atoms with Crippen molar-refractivity contribution in [1.82, 2.24) is 10.9 Å². The smallest absolute Gasteiger partial charge is 0.329 e. The van der Waals surface area contributed by atoms with Crippen LogP contribution in [0.1, 0.15) is 11.7 Å². The zero-order valence-electron chi connectivity index (χ0n) is 13.5. The molecule has 0 aliphatic carbocycles. The van der Waals surface area contributed by atoms with Crippen LogP contribution in [0.2, 0.25) is 5.02 Å². The van der Waals surface area contributed by atoms with E-state index in [1.165, 1.54) is 0 Å². The van der Waals surface area contributed by atoms with Gasteiger partial charge in [0.2, 0.25) is 0 Å². The van der Waals surface area contributed by atoms with Gasteiger partial charge < -0.3 is 21.9 Å². The molecule has 1 aliphatic heterocycles. The molecule has 2 rings (SSSR count). The van der Waals surface area contributed by atoms with E-state index in [-0.39, 0.29) is 11.4 Å². The molecule has 1 aromatic rings. The summed E-state index contributed by atoms with van der Waals surface area (Å²) >= 11 is 6.14. The Labute approximate surface area is 156 Å². The molecule has 1 fully saturated rings. The van der Waals surface area contributed by atoms with Gasteiger partial charge in [-0.15, -0.1) is 0 Å². The van der Waals surface area contributed by atoms with E-state index in [1.54, 1.807) is 24.3 Å². The number of benzene rings is 1. The lowest BCUT2D eigenvalue weighted by Crippen LogP contribution is -2.38. The number of hydrogen-bond acceptors (Lipinski definition) is 8. The predicted octanol–water partition coefficient (Wildman–Crippen LogP) is -2.39. The van der Waals surface area contributed by atoms with Gasteiger partial charge in [-0.2, -0.15) is 10.2 Å². The highest BCUT2D eigenvalue weighted by atomic mass is 35.5. The van der Waals surface area contributed by atoms with E-state index >= 15 is 0 Å². The van der Waals surface area contributed by atoms with Gasteiger partial charge in [0.25, 0.3) is 0 Å². The quantitative estimate of drug-likeness (QED) is 0.278. The van der Waals surface area contributed by atoms with Crippen molar-refractivity contribution in [2.45, 2.75) is 12.3 Å². The summed E-state index contributed by atoms with van der Waals surface area (Å²) in [6.07, 6.45) is -2.20. The van der Waals surface area contributed by atoms with Crippen molar-refractivity contribution in [3.05, 3.63) is 34.9 Å². The molecule has 142 valence electrons. The van der Waals surface area contributed by atoms with Crippen molar-refractivity contribution in [3.63, 3.8) is 0 Å². The third-order valence-corrected chi connectivity index (χ3v) is 3.60. The topological polar surface area (TPSA) is 204 Å². The normalized spacial score (nSPS) is 21.9. The number of rotatable bonds is 3. The fourth-order valence-electron chi connectivity index (χ4n) is 2.03. The molecule has 2 atom stereocenters. The molecular formula is C14H14ClN7O5. The van der Waals surface area contributed by atoms with Gasteiger partial charge in [0.05, 0.1) is 0 Å². The number of halogens is 1. The second-order valence-corrected chi connectivity index (χ2v) is 5.47. The van der Waals surface area contributed by atoms with Crippen molar-refractivity contribution in [3.8, 4) is 0 Å². The van der Waals surface area contributed by atoms with Gasteiger partial charge in [-0.3, -0.25) is 19.2 Å². The molecule has 1 saturated heterocycles. The first kappa shape index (κ1) is 20.0. The predicted molar refractivity (Wildman–Crippen MR) is 92.8 cm³/mol. The van der Waals surface area contributed by atoms with Crippen molar-refractivity contribution < 1.29 is 23.9 Å². The lowest BCUT2D eigenvalue weighted by molar-refractivity contribution is -0.137. The second kappa shape index (κ2) is 8.35. The Balaban J connectivity index is 2.44. The van der Waals surface area contributed by atoms with Crippen LogP contribution in [-0.4, -0.2) is 41.3 Å². The number of primary amides is 2. The Morgan fingerprint density at radius 1 is 0.963 bits per heavy atom.